The smallest absolute Gasteiger partial charge is 0.0628 e. The highest BCUT2D eigenvalue weighted by Crippen LogP contribution is 2.42. The third-order valence-corrected chi connectivity index (χ3v) is 5.85. The van der Waals surface area contributed by atoms with Crippen LogP contribution < -0.4 is 5.73 Å². The largest absolute Gasteiger partial charge is 0.392 e. The van der Waals surface area contributed by atoms with Gasteiger partial charge in [-0.2, -0.15) is 11.8 Å². The second-order valence-corrected chi connectivity index (χ2v) is 8.28. The van der Waals surface area contributed by atoms with Gasteiger partial charge >= 0.3 is 0 Å². The summed E-state index contributed by atoms with van der Waals surface area (Å²) in [4.78, 5) is 0. The minimum atomic E-state index is -0.248. The lowest BCUT2D eigenvalue weighted by atomic mass is 9.71. The fourth-order valence-corrected chi connectivity index (χ4v) is 3.95. The van der Waals surface area contributed by atoms with Crippen LogP contribution in [-0.2, 0) is 0 Å². The number of rotatable bonds is 3. The van der Waals surface area contributed by atoms with Gasteiger partial charge in [-0.3, -0.25) is 0 Å². The van der Waals surface area contributed by atoms with Crippen LogP contribution in [0.2, 0.25) is 0 Å². The first kappa shape index (κ1) is 15.3. The molecular formula is C14H29NOS. The summed E-state index contributed by atoms with van der Waals surface area (Å²) < 4.78 is 0. The molecule has 5 atom stereocenters. The van der Waals surface area contributed by atoms with Crippen molar-refractivity contribution in [1.29, 1.82) is 0 Å². The number of hydrogen-bond donors (Lipinski definition) is 2. The summed E-state index contributed by atoms with van der Waals surface area (Å²) in [5.74, 6) is 0.765. The van der Waals surface area contributed by atoms with Crippen LogP contribution in [0.5, 0.6) is 0 Å². The molecule has 1 rings (SSSR count). The molecule has 1 aliphatic rings. The first-order chi connectivity index (χ1) is 7.71. The van der Waals surface area contributed by atoms with E-state index >= 15 is 0 Å². The highest BCUT2D eigenvalue weighted by atomic mass is 32.2. The van der Waals surface area contributed by atoms with E-state index in [1.54, 1.807) is 0 Å². The molecule has 0 aromatic heterocycles. The third kappa shape index (κ3) is 4.46. The predicted octanol–water partition coefficient (Wildman–Crippen LogP) is 3.03. The van der Waals surface area contributed by atoms with E-state index in [0.717, 1.165) is 12.3 Å². The molecule has 0 aliphatic heterocycles. The lowest BCUT2D eigenvalue weighted by Crippen LogP contribution is -2.42. The standard InChI is InChI=1S/C14H29NOS/c1-9(16)10(2)17-13-8-11(14(3,4)5)6-7-12(13)15/h9-13,16H,6-8,15H2,1-5H3. The van der Waals surface area contributed by atoms with Gasteiger partial charge in [0, 0.05) is 16.5 Å². The topological polar surface area (TPSA) is 46.2 Å². The van der Waals surface area contributed by atoms with Crippen LogP contribution in [0.15, 0.2) is 0 Å². The van der Waals surface area contributed by atoms with Crippen LogP contribution >= 0.6 is 11.8 Å². The zero-order valence-electron chi connectivity index (χ0n) is 11.9. The third-order valence-electron chi connectivity index (χ3n) is 4.14. The monoisotopic (exact) mass is 259 g/mol. The summed E-state index contributed by atoms with van der Waals surface area (Å²) in [7, 11) is 0. The highest BCUT2D eigenvalue weighted by molar-refractivity contribution is 8.00. The lowest BCUT2D eigenvalue weighted by molar-refractivity contribution is 0.172. The second-order valence-electron chi connectivity index (χ2n) is 6.66. The van der Waals surface area contributed by atoms with E-state index < -0.39 is 0 Å². The maximum absolute atomic E-state index is 9.60. The second kappa shape index (κ2) is 5.94. The molecule has 102 valence electrons. The summed E-state index contributed by atoms with van der Waals surface area (Å²) in [6.45, 7) is 11.0. The molecule has 2 nitrogen and oxygen atoms in total. The Kier molecular flexibility index (Phi) is 5.36. The van der Waals surface area contributed by atoms with Gasteiger partial charge in [-0.05, 0) is 37.5 Å². The Labute approximate surface area is 111 Å². The van der Waals surface area contributed by atoms with Crippen LogP contribution in [0.1, 0.15) is 53.9 Å². The van der Waals surface area contributed by atoms with Gasteiger partial charge < -0.3 is 10.8 Å². The van der Waals surface area contributed by atoms with E-state index in [1.165, 1.54) is 12.8 Å². The molecule has 17 heavy (non-hydrogen) atoms. The van der Waals surface area contributed by atoms with Gasteiger partial charge in [-0.15, -0.1) is 0 Å². The number of nitrogens with two attached hydrogens (primary N) is 1. The van der Waals surface area contributed by atoms with Crippen LogP contribution in [0.25, 0.3) is 0 Å². The molecule has 0 spiro atoms. The van der Waals surface area contributed by atoms with E-state index in [1.807, 2.05) is 18.7 Å². The Hall–Kier alpha value is 0.270. The normalized spacial score (nSPS) is 34.4. The summed E-state index contributed by atoms with van der Waals surface area (Å²) in [6.07, 6.45) is 3.34. The van der Waals surface area contributed by atoms with Crippen molar-refractivity contribution in [2.24, 2.45) is 17.1 Å². The average Bonchev–Trinajstić information content (AvgIpc) is 2.19. The Morgan fingerprint density at radius 1 is 1.24 bits per heavy atom. The summed E-state index contributed by atoms with van der Waals surface area (Å²) in [5, 5.41) is 10.4. The van der Waals surface area contributed by atoms with Gasteiger partial charge in [-0.1, -0.05) is 27.7 Å². The van der Waals surface area contributed by atoms with Crippen molar-refractivity contribution in [3.8, 4) is 0 Å². The van der Waals surface area contributed by atoms with Gasteiger partial charge in [-0.25, -0.2) is 0 Å². The summed E-state index contributed by atoms with van der Waals surface area (Å²) in [5.41, 5.74) is 6.61. The molecule has 0 aromatic rings. The van der Waals surface area contributed by atoms with Gasteiger partial charge in [0.15, 0.2) is 0 Å². The first-order valence-corrected chi connectivity index (χ1v) is 7.75. The number of thioether (sulfide) groups is 1. The van der Waals surface area contributed by atoms with Crippen LogP contribution in [0, 0.1) is 11.3 Å². The van der Waals surface area contributed by atoms with Crippen LogP contribution in [-0.4, -0.2) is 27.8 Å². The Bertz CT molecular complexity index is 237. The number of aliphatic hydroxyl groups excluding tert-OH is 1. The molecule has 3 N–H and O–H groups in total. The minimum Gasteiger partial charge on any atom is -0.392 e. The van der Waals surface area contributed by atoms with Gasteiger partial charge in [0.2, 0.25) is 0 Å². The van der Waals surface area contributed by atoms with Crippen molar-refractivity contribution >= 4 is 11.8 Å². The fraction of sp³-hybridized carbons (Fsp3) is 1.00. The number of aliphatic hydroxyl groups is 1. The van der Waals surface area contributed by atoms with Crippen LogP contribution in [0.4, 0.5) is 0 Å². The number of hydrogen-bond acceptors (Lipinski definition) is 3. The fourth-order valence-electron chi connectivity index (χ4n) is 2.49. The van der Waals surface area contributed by atoms with Gasteiger partial charge in [0.05, 0.1) is 6.10 Å². The minimum absolute atomic E-state index is 0.248. The molecule has 0 aromatic carbocycles. The lowest BCUT2D eigenvalue weighted by Gasteiger charge is -2.41. The van der Waals surface area contributed by atoms with Crippen molar-refractivity contribution in [3.05, 3.63) is 0 Å². The molecule has 0 heterocycles. The van der Waals surface area contributed by atoms with Crippen molar-refractivity contribution in [1.82, 2.24) is 0 Å². The molecular weight excluding hydrogens is 230 g/mol. The SMILES string of the molecule is CC(O)C(C)SC1CC(C(C)(C)C)CCC1N. The summed E-state index contributed by atoms with van der Waals surface area (Å²) >= 11 is 1.88. The first-order valence-electron chi connectivity index (χ1n) is 6.81. The molecule has 5 unspecified atom stereocenters. The Morgan fingerprint density at radius 2 is 1.82 bits per heavy atom. The van der Waals surface area contributed by atoms with Gasteiger partial charge in [0.25, 0.3) is 0 Å². The molecule has 0 radical (unpaired) electrons. The van der Waals surface area contributed by atoms with Crippen molar-refractivity contribution in [3.63, 3.8) is 0 Å². The van der Waals surface area contributed by atoms with E-state index in [-0.39, 0.29) is 11.4 Å². The molecule has 1 fully saturated rings. The van der Waals surface area contributed by atoms with E-state index in [4.69, 9.17) is 5.73 Å². The molecule has 0 amide bonds. The van der Waals surface area contributed by atoms with Crippen molar-refractivity contribution in [2.75, 3.05) is 0 Å². The van der Waals surface area contributed by atoms with Crippen molar-refractivity contribution in [2.45, 2.75) is 76.5 Å². The maximum atomic E-state index is 9.60. The Balaban J connectivity index is 2.58. The van der Waals surface area contributed by atoms with E-state index in [2.05, 4.69) is 27.7 Å². The van der Waals surface area contributed by atoms with Crippen LogP contribution in [0.3, 0.4) is 0 Å². The zero-order valence-corrected chi connectivity index (χ0v) is 12.8. The molecule has 0 bridgehead atoms. The van der Waals surface area contributed by atoms with E-state index in [0.29, 0.717) is 16.7 Å². The van der Waals surface area contributed by atoms with Gasteiger partial charge in [0.1, 0.15) is 0 Å². The zero-order chi connectivity index (χ0) is 13.2. The quantitative estimate of drug-likeness (QED) is 0.819. The van der Waals surface area contributed by atoms with E-state index in [9.17, 15) is 5.11 Å². The Morgan fingerprint density at radius 3 is 2.29 bits per heavy atom. The predicted molar refractivity (Wildman–Crippen MR) is 77.3 cm³/mol. The summed E-state index contributed by atoms with van der Waals surface area (Å²) in [6, 6.07) is 0.305. The molecule has 1 saturated carbocycles. The molecule has 1 aliphatic carbocycles. The average molecular weight is 259 g/mol. The molecule has 3 heteroatoms. The van der Waals surface area contributed by atoms with Crippen molar-refractivity contribution < 1.29 is 5.11 Å². The maximum Gasteiger partial charge on any atom is 0.0628 e. The highest BCUT2D eigenvalue weighted by Gasteiger charge is 2.35. The molecule has 0 saturated heterocycles.